The highest BCUT2D eigenvalue weighted by Crippen LogP contribution is 2.43. The standard InChI is InChI=1S/C23H34N2O5.C2HF3O2/c1-22(29-4)14-24(15-22)13-20-12-23(16-30-20)5-7-25(8-6-23)21(26)17-9-18(27-2)11-19(10-17)28-3;3-2(4,5)1(6)7/h9-11,20H,5-8,12-16H2,1-4H3;(H,6,7). The molecule has 4 rings (SSSR count). The summed E-state index contributed by atoms with van der Waals surface area (Å²) in [6.07, 6.45) is -1.73. The third kappa shape index (κ3) is 7.26. The van der Waals surface area contributed by atoms with Crippen molar-refractivity contribution >= 4 is 11.9 Å². The number of piperidine rings is 1. The summed E-state index contributed by atoms with van der Waals surface area (Å²) in [5.74, 6) is -1.45. The summed E-state index contributed by atoms with van der Waals surface area (Å²) >= 11 is 0. The minimum Gasteiger partial charge on any atom is -0.497 e. The second-order valence-corrected chi connectivity index (χ2v) is 10.2. The van der Waals surface area contributed by atoms with Gasteiger partial charge < -0.3 is 29.0 Å². The lowest BCUT2D eigenvalue weighted by Gasteiger charge is -2.47. The molecule has 12 heteroatoms. The number of benzene rings is 1. The number of carboxylic acids is 1. The SMILES string of the molecule is COc1cc(OC)cc(C(=O)N2CCC3(CC2)COC(CN2CC(C)(OC)C2)C3)c1.O=C(O)C(F)(F)F. The Bertz CT molecular complexity index is 936. The molecular formula is C25H35F3N2O7. The molecule has 0 saturated carbocycles. The van der Waals surface area contributed by atoms with E-state index in [2.05, 4.69) is 11.8 Å². The Morgan fingerprint density at radius 2 is 1.62 bits per heavy atom. The van der Waals surface area contributed by atoms with Crippen molar-refractivity contribution in [2.45, 2.75) is 44.1 Å². The fraction of sp³-hybridized carbons (Fsp3) is 0.680. The summed E-state index contributed by atoms with van der Waals surface area (Å²) in [5, 5.41) is 7.12. The second-order valence-electron chi connectivity index (χ2n) is 10.2. The molecule has 1 amide bonds. The fourth-order valence-electron chi connectivity index (χ4n) is 5.10. The van der Waals surface area contributed by atoms with Crippen LogP contribution in [0.5, 0.6) is 11.5 Å². The number of aliphatic carboxylic acids is 1. The predicted molar refractivity (Wildman–Crippen MR) is 127 cm³/mol. The quantitative estimate of drug-likeness (QED) is 0.597. The van der Waals surface area contributed by atoms with Crippen LogP contribution in [0.3, 0.4) is 0 Å². The third-order valence-corrected chi connectivity index (χ3v) is 7.31. The van der Waals surface area contributed by atoms with Gasteiger partial charge >= 0.3 is 12.1 Å². The fourth-order valence-corrected chi connectivity index (χ4v) is 5.10. The molecule has 1 unspecified atom stereocenters. The van der Waals surface area contributed by atoms with E-state index in [4.69, 9.17) is 28.8 Å². The highest BCUT2D eigenvalue weighted by molar-refractivity contribution is 5.95. The summed E-state index contributed by atoms with van der Waals surface area (Å²) in [6, 6.07) is 5.35. The number of amides is 1. The minimum absolute atomic E-state index is 0.00476. The summed E-state index contributed by atoms with van der Waals surface area (Å²) < 4.78 is 54.1. The van der Waals surface area contributed by atoms with Gasteiger partial charge in [-0.3, -0.25) is 9.69 Å². The maximum Gasteiger partial charge on any atom is 0.490 e. The Hall–Kier alpha value is -2.57. The normalized spacial score (nSPS) is 22.6. The summed E-state index contributed by atoms with van der Waals surface area (Å²) in [7, 11) is 4.98. The first-order valence-corrected chi connectivity index (χ1v) is 12.0. The molecule has 0 aliphatic carbocycles. The van der Waals surface area contributed by atoms with Crippen molar-refractivity contribution in [1.29, 1.82) is 0 Å². The predicted octanol–water partition coefficient (Wildman–Crippen LogP) is 3.07. The molecule has 1 spiro atoms. The molecule has 0 bridgehead atoms. The van der Waals surface area contributed by atoms with Crippen LogP contribution in [0.1, 0.15) is 36.5 Å². The third-order valence-electron chi connectivity index (χ3n) is 7.31. The first-order chi connectivity index (χ1) is 17.3. The van der Waals surface area contributed by atoms with Crippen molar-refractivity contribution in [3.8, 4) is 11.5 Å². The lowest BCUT2D eigenvalue weighted by molar-refractivity contribution is -0.192. The molecular weight excluding hydrogens is 497 g/mol. The van der Waals surface area contributed by atoms with E-state index in [-0.39, 0.29) is 23.0 Å². The summed E-state index contributed by atoms with van der Waals surface area (Å²) in [6.45, 7) is 7.42. The number of ether oxygens (including phenoxy) is 4. The van der Waals surface area contributed by atoms with Gasteiger partial charge in [0.1, 0.15) is 11.5 Å². The van der Waals surface area contributed by atoms with Crippen LogP contribution in [0.4, 0.5) is 13.2 Å². The first-order valence-electron chi connectivity index (χ1n) is 12.0. The zero-order chi connectivity index (χ0) is 27.4. The van der Waals surface area contributed by atoms with Crippen LogP contribution in [0.25, 0.3) is 0 Å². The van der Waals surface area contributed by atoms with E-state index in [1.54, 1.807) is 39.5 Å². The number of likely N-dealkylation sites (tertiary alicyclic amines) is 2. The van der Waals surface area contributed by atoms with Gasteiger partial charge in [-0.1, -0.05) is 0 Å². The van der Waals surface area contributed by atoms with Crippen LogP contribution in [0.2, 0.25) is 0 Å². The maximum atomic E-state index is 13.1. The molecule has 0 aromatic heterocycles. The van der Waals surface area contributed by atoms with E-state index in [1.807, 2.05) is 4.90 Å². The molecule has 1 N–H and O–H groups in total. The lowest BCUT2D eigenvalue weighted by atomic mass is 9.76. The molecule has 208 valence electrons. The Morgan fingerprint density at radius 1 is 1.08 bits per heavy atom. The van der Waals surface area contributed by atoms with Crippen LogP contribution >= 0.6 is 0 Å². The topological polar surface area (TPSA) is 97.8 Å². The number of nitrogens with zero attached hydrogens (tertiary/aromatic N) is 2. The Kier molecular flexibility index (Phi) is 8.97. The van der Waals surface area contributed by atoms with Crippen LogP contribution in [-0.4, -0.2) is 105 Å². The zero-order valence-corrected chi connectivity index (χ0v) is 21.6. The van der Waals surface area contributed by atoms with Gasteiger partial charge in [0, 0.05) is 51.5 Å². The van der Waals surface area contributed by atoms with Crippen molar-refractivity contribution in [2.24, 2.45) is 5.41 Å². The van der Waals surface area contributed by atoms with E-state index >= 15 is 0 Å². The van der Waals surface area contributed by atoms with Crippen LogP contribution in [0.15, 0.2) is 18.2 Å². The van der Waals surface area contributed by atoms with E-state index in [9.17, 15) is 18.0 Å². The number of halogens is 3. The van der Waals surface area contributed by atoms with Gasteiger partial charge in [-0.05, 0) is 43.7 Å². The molecule has 3 aliphatic heterocycles. The van der Waals surface area contributed by atoms with Gasteiger partial charge in [-0.2, -0.15) is 13.2 Å². The number of alkyl halides is 3. The minimum atomic E-state index is -5.08. The monoisotopic (exact) mass is 532 g/mol. The molecule has 9 nitrogen and oxygen atoms in total. The van der Waals surface area contributed by atoms with E-state index in [0.29, 0.717) is 17.1 Å². The highest BCUT2D eigenvalue weighted by Gasteiger charge is 2.46. The number of methoxy groups -OCH3 is 3. The Morgan fingerprint density at radius 3 is 2.08 bits per heavy atom. The van der Waals surface area contributed by atoms with Gasteiger partial charge in [-0.25, -0.2) is 4.79 Å². The number of rotatable bonds is 6. The molecule has 3 saturated heterocycles. The van der Waals surface area contributed by atoms with Gasteiger partial charge in [-0.15, -0.1) is 0 Å². The molecule has 3 fully saturated rings. The Balaban J connectivity index is 0.000000479. The van der Waals surface area contributed by atoms with Gasteiger partial charge in [0.2, 0.25) is 0 Å². The zero-order valence-electron chi connectivity index (χ0n) is 21.6. The van der Waals surface area contributed by atoms with E-state index in [1.165, 1.54) is 0 Å². The smallest absolute Gasteiger partial charge is 0.490 e. The van der Waals surface area contributed by atoms with Crippen LogP contribution in [-0.2, 0) is 14.3 Å². The number of hydrogen-bond donors (Lipinski definition) is 1. The van der Waals surface area contributed by atoms with Crippen LogP contribution in [0, 0.1) is 5.41 Å². The van der Waals surface area contributed by atoms with Crippen molar-refractivity contribution < 1.29 is 46.8 Å². The number of carbonyl (C=O) groups excluding carboxylic acids is 1. The average molecular weight is 533 g/mol. The van der Waals surface area contributed by atoms with Crippen molar-refractivity contribution in [3.05, 3.63) is 23.8 Å². The van der Waals surface area contributed by atoms with Gasteiger partial charge in [0.25, 0.3) is 5.91 Å². The molecule has 3 aliphatic rings. The number of carbonyl (C=O) groups is 2. The summed E-state index contributed by atoms with van der Waals surface area (Å²) in [5.41, 5.74) is 0.829. The van der Waals surface area contributed by atoms with Crippen molar-refractivity contribution in [1.82, 2.24) is 9.80 Å². The van der Waals surface area contributed by atoms with Crippen LogP contribution < -0.4 is 9.47 Å². The summed E-state index contributed by atoms with van der Waals surface area (Å²) in [4.78, 5) is 26.3. The molecule has 1 atom stereocenters. The maximum absolute atomic E-state index is 13.1. The Labute approximate surface area is 214 Å². The molecule has 3 heterocycles. The van der Waals surface area contributed by atoms with Gasteiger partial charge in [0.05, 0.1) is 32.5 Å². The highest BCUT2D eigenvalue weighted by atomic mass is 19.4. The number of hydrogen-bond acceptors (Lipinski definition) is 7. The molecule has 1 aromatic rings. The van der Waals surface area contributed by atoms with E-state index < -0.39 is 12.1 Å². The van der Waals surface area contributed by atoms with E-state index in [0.717, 1.165) is 58.6 Å². The van der Waals surface area contributed by atoms with Crippen molar-refractivity contribution in [2.75, 3.05) is 60.7 Å². The molecule has 37 heavy (non-hydrogen) atoms. The molecule has 1 aromatic carbocycles. The average Bonchev–Trinajstić information content (AvgIpc) is 3.24. The first kappa shape index (κ1) is 29.0. The van der Waals surface area contributed by atoms with Gasteiger partial charge in [0.15, 0.2) is 0 Å². The largest absolute Gasteiger partial charge is 0.497 e. The second kappa shape index (κ2) is 11.4. The molecule has 0 radical (unpaired) electrons. The lowest BCUT2D eigenvalue weighted by Crippen LogP contribution is -2.62. The number of carboxylic acid groups (broad SMARTS) is 1. The van der Waals surface area contributed by atoms with Crippen molar-refractivity contribution in [3.63, 3.8) is 0 Å².